The first-order valence-corrected chi connectivity index (χ1v) is 15.1. The summed E-state index contributed by atoms with van der Waals surface area (Å²) in [5.74, 6) is -0.710. The molecular weight excluding hydrogens is 516 g/mol. The van der Waals surface area contributed by atoms with Crippen LogP contribution < -0.4 is 0 Å². The summed E-state index contributed by atoms with van der Waals surface area (Å²) in [7, 11) is 0. The van der Waals surface area contributed by atoms with Crippen molar-refractivity contribution in [3.8, 4) is 11.1 Å². The van der Waals surface area contributed by atoms with Gasteiger partial charge in [-0.15, -0.1) is 0 Å². The zero-order chi connectivity index (χ0) is 27.9. The lowest BCUT2D eigenvalue weighted by molar-refractivity contribution is -0.336. The summed E-state index contributed by atoms with van der Waals surface area (Å²) in [5, 5.41) is 0. The van der Waals surface area contributed by atoms with E-state index in [1.807, 2.05) is 19.9 Å². The van der Waals surface area contributed by atoms with E-state index in [0.717, 1.165) is 18.4 Å². The summed E-state index contributed by atoms with van der Waals surface area (Å²) in [5.41, 5.74) is 4.86. The fourth-order valence-corrected chi connectivity index (χ4v) is 6.62. The van der Waals surface area contributed by atoms with Gasteiger partial charge in [0.05, 0.1) is 13.2 Å². The third-order valence-corrected chi connectivity index (χ3v) is 8.93. The Bertz CT molecular complexity index is 1300. The number of hydrogen-bond acceptors (Lipinski definition) is 6. The third-order valence-electron chi connectivity index (χ3n) is 8.93. The van der Waals surface area contributed by atoms with Gasteiger partial charge in [0, 0.05) is 5.92 Å². The lowest BCUT2D eigenvalue weighted by atomic mass is 9.97. The molecule has 0 unspecified atom stereocenters. The van der Waals surface area contributed by atoms with Gasteiger partial charge in [0.15, 0.2) is 12.1 Å². The molecule has 7 atom stereocenters. The molecule has 1 spiro atoms. The number of hydrogen-bond donors (Lipinski definition) is 0. The lowest BCUT2D eigenvalue weighted by Crippen LogP contribution is -2.62. The average Bonchev–Trinajstić information content (AvgIpc) is 3.52. The first kappa shape index (κ1) is 27.3. The Morgan fingerprint density at radius 1 is 0.805 bits per heavy atom. The normalized spacial score (nSPS) is 33.6. The molecule has 1 aliphatic carbocycles. The molecule has 4 aliphatic rings. The van der Waals surface area contributed by atoms with E-state index in [-0.39, 0.29) is 18.5 Å². The first-order valence-electron chi connectivity index (χ1n) is 15.1. The van der Waals surface area contributed by atoms with E-state index in [0.29, 0.717) is 31.7 Å². The molecule has 6 heteroatoms. The van der Waals surface area contributed by atoms with Crippen molar-refractivity contribution in [2.24, 2.45) is 11.8 Å². The molecule has 3 aliphatic heterocycles. The van der Waals surface area contributed by atoms with Crippen LogP contribution in [0.1, 0.15) is 44.2 Å². The van der Waals surface area contributed by atoms with Crippen LogP contribution in [0.5, 0.6) is 0 Å². The van der Waals surface area contributed by atoms with Gasteiger partial charge in [-0.1, -0.05) is 84.9 Å². The predicted octanol–water partition coefficient (Wildman–Crippen LogP) is 6.52. The van der Waals surface area contributed by atoms with Crippen LogP contribution in [-0.4, -0.2) is 49.4 Å². The minimum Gasteiger partial charge on any atom is -0.365 e. The van der Waals surface area contributed by atoms with Gasteiger partial charge >= 0.3 is 0 Å². The average molecular weight is 557 g/mol. The molecule has 6 nitrogen and oxygen atoms in total. The van der Waals surface area contributed by atoms with Gasteiger partial charge in [-0.25, -0.2) is 0 Å². The lowest BCUT2D eigenvalue weighted by Gasteiger charge is -2.43. The minimum atomic E-state index is -1.02. The summed E-state index contributed by atoms with van der Waals surface area (Å²) in [6, 6.07) is 29.6. The summed E-state index contributed by atoms with van der Waals surface area (Å²) < 4.78 is 38.5. The molecule has 4 fully saturated rings. The van der Waals surface area contributed by atoms with Gasteiger partial charge in [-0.3, -0.25) is 0 Å². The summed E-state index contributed by atoms with van der Waals surface area (Å²) >= 11 is 0. The molecule has 3 aromatic carbocycles. The zero-order valence-electron chi connectivity index (χ0n) is 23.9. The third kappa shape index (κ3) is 5.87. The van der Waals surface area contributed by atoms with E-state index in [1.165, 1.54) is 29.5 Å². The van der Waals surface area contributed by atoms with Gasteiger partial charge in [0.1, 0.15) is 24.9 Å². The molecule has 1 saturated carbocycles. The number of aryl methyl sites for hydroxylation is 1. The van der Waals surface area contributed by atoms with Crippen molar-refractivity contribution < 1.29 is 28.4 Å². The topological polar surface area (TPSA) is 55.4 Å². The smallest absolute Gasteiger partial charge is 0.224 e. The van der Waals surface area contributed by atoms with Crippen LogP contribution in [0.25, 0.3) is 11.1 Å². The zero-order valence-corrected chi connectivity index (χ0v) is 23.9. The number of rotatable bonds is 9. The van der Waals surface area contributed by atoms with Crippen molar-refractivity contribution >= 4 is 0 Å². The maximum atomic E-state index is 6.65. The van der Waals surface area contributed by atoms with E-state index in [4.69, 9.17) is 28.4 Å². The largest absolute Gasteiger partial charge is 0.365 e. The van der Waals surface area contributed by atoms with Crippen LogP contribution in [0, 0.1) is 11.8 Å². The summed E-state index contributed by atoms with van der Waals surface area (Å²) in [6.45, 7) is 4.93. The van der Waals surface area contributed by atoms with Gasteiger partial charge in [0.25, 0.3) is 0 Å². The van der Waals surface area contributed by atoms with Crippen molar-refractivity contribution in [3.63, 3.8) is 0 Å². The highest BCUT2D eigenvalue weighted by Gasteiger charge is 2.63. The minimum absolute atomic E-state index is 0.186. The molecule has 41 heavy (non-hydrogen) atoms. The highest BCUT2D eigenvalue weighted by Crippen LogP contribution is 2.51. The standard InChI is InChI=1S/C35H40O6/c1-34(2)38-23-35(41-34)32(36-21-25-16-18-27(19-17-25)26-13-7-4-8-14-26)31-30(22-37-35)39-33(40-31)29-20-28(29)15-9-12-24-10-5-3-6-11-24/h3-8,10-11,13-14,16-19,28-33H,9,12,15,20-23H2,1-2H3/t28-,29-,30+,31+,32-,33+,35-/m0/s1. The molecule has 3 heterocycles. The van der Waals surface area contributed by atoms with E-state index in [9.17, 15) is 0 Å². The molecule has 0 aromatic heterocycles. The Hall–Kier alpha value is -2.58. The van der Waals surface area contributed by atoms with Crippen molar-refractivity contribution in [3.05, 3.63) is 96.1 Å². The highest BCUT2D eigenvalue weighted by molar-refractivity contribution is 5.63. The second-order valence-corrected chi connectivity index (χ2v) is 12.4. The fraction of sp³-hybridized carbons (Fsp3) is 0.486. The summed E-state index contributed by atoms with van der Waals surface area (Å²) in [4.78, 5) is 0. The van der Waals surface area contributed by atoms with Crippen LogP contribution in [0.3, 0.4) is 0 Å². The molecule has 3 saturated heterocycles. The maximum absolute atomic E-state index is 6.65. The van der Waals surface area contributed by atoms with Gasteiger partial charge < -0.3 is 28.4 Å². The Balaban J connectivity index is 1.01. The van der Waals surface area contributed by atoms with E-state index >= 15 is 0 Å². The molecule has 7 rings (SSSR count). The van der Waals surface area contributed by atoms with Crippen molar-refractivity contribution in [2.75, 3.05) is 13.2 Å². The first-order chi connectivity index (χ1) is 20.0. The molecule has 0 radical (unpaired) electrons. The van der Waals surface area contributed by atoms with Gasteiger partial charge in [0.2, 0.25) is 5.79 Å². The Morgan fingerprint density at radius 3 is 2.27 bits per heavy atom. The molecular formula is C35H40O6. The van der Waals surface area contributed by atoms with Crippen LogP contribution in [0.4, 0.5) is 0 Å². The molecule has 0 N–H and O–H groups in total. The number of fused-ring (bicyclic) bond motifs is 1. The number of ether oxygens (including phenoxy) is 6. The van der Waals surface area contributed by atoms with Gasteiger partial charge in [-0.2, -0.15) is 0 Å². The van der Waals surface area contributed by atoms with Crippen molar-refractivity contribution in [1.82, 2.24) is 0 Å². The van der Waals surface area contributed by atoms with Gasteiger partial charge in [-0.05, 0) is 67.7 Å². The maximum Gasteiger partial charge on any atom is 0.224 e. The van der Waals surface area contributed by atoms with Crippen LogP contribution >= 0.6 is 0 Å². The Kier molecular flexibility index (Phi) is 7.48. The van der Waals surface area contributed by atoms with Crippen LogP contribution in [0.15, 0.2) is 84.9 Å². The highest BCUT2D eigenvalue weighted by atomic mass is 16.9. The van der Waals surface area contributed by atoms with E-state index in [2.05, 4.69) is 78.9 Å². The number of benzene rings is 3. The second-order valence-electron chi connectivity index (χ2n) is 12.4. The van der Waals surface area contributed by atoms with E-state index in [1.54, 1.807) is 0 Å². The second kappa shape index (κ2) is 11.3. The van der Waals surface area contributed by atoms with Crippen LogP contribution in [-0.2, 0) is 41.4 Å². The molecule has 216 valence electrons. The van der Waals surface area contributed by atoms with E-state index < -0.39 is 17.7 Å². The predicted molar refractivity (Wildman–Crippen MR) is 155 cm³/mol. The Morgan fingerprint density at radius 2 is 1.54 bits per heavy atom. The Labute approximate surface area is 242 Å². The quantitative estimate of drug-likeness (QED) is 0.299. The molecule has 0 amide bonds. The van der Waals surface area contributed by atoms with Crippen LogP contribution in [0.2, 0.25) is 0 Å². The van der Waals surface area contributed by atoms with Crippen molar-refractivity contribution in [2.45, 2.75) is 82.3 Å². The molecule has 0 bridgehead atoms. The van der Waals surface area contributed by atoms with Crippen molar-refractivity contribution in [1.29, 1.82) is 0 Å². The summed E-state index contributed by atoms with van der Waals surface area (Å²) in [6.07, 6.45) is 3.49. The SMILES string of the molecule is CC1(C)OC[C@]2(OC[C@H]3O[C@@H]([C@H]4C[C@@H]4CCCc4ccccc4)O[C@H]3[C@@H]2OCc2ccc(-c3ccccc3)cc2)O1. The fourth-order valence-electron chi connectivity index (χ4n) is 6.62. The monoisotopic (exact) mass is 556 g/mol. The molecule has 3 aromatic rings.